The van der Waals surface area contributed by atoms with Crippen LogP contribution in [0.5, 0.6) is 0 Å². The molecule has 12 heteroatoms. The summed E-state index contributed by atoms with van der Waals surface area (Å²) in [5.41, 5.74) is -0.634. The number of rotatable bonds is 5. The number of morpholine rings is 1. The van der Waals surface area contributed by atoms with Crippen molar-refractivity contribution in [2.45, 2.75) is 50.2 Å². The summed E-state index contributed by atoms with van der Waals surface area (Å²) in [5.74, 6) is 0.155. The van der Waals surface area contributed by atoms with Gasteiger partial charge in [0.1, 0.15) is 17.7 Å². The van der Waals surface area contributed by atoms with Crippen molar-refractivity contribution in [3.63, 3.8) is 0 Å². The molecule has 2 fully saturated rings. The molecule has 0 saturated carbocycles. The Hall–Kier alpha value is -3.15. The molecule has 2 bridgehead atoms. The summed E-state index contributed by atoms with van der Waals surface area (Å²) >= 11 is 0. The number of hydrogen-bond donors (Lipinski definition) is 1. The fourth-order valence-electron chi connectivity index (χ4n) is 5.08. The number of alkyl halides is 3. The van der Waals surface area contributed by atoms with Crippen LogP contribution >= 0.6 is 0 Å². The number of ketones is 1. The van der Waals surface area contributed by atoms with Gasteiger partial charge in [0, 0.05) is 44.4 Å². The number of aromatic nitrogens is 3. The molecule has 2 aromatic heterocycles. The molecule has 34 heavy (non-hydrogen) atoms. The summed E-state index contributed by atoms with van der Waals surface area (Å²) < 4.78 is 48.9. The standard InChI is InChI=1S/C22H25F3N6O3/c1-21-8-14(34-12-21)10-31(21)18-7-19(33)29-6-5-16(22(23,24)25)30(20(29)28-18)11-15(32)13-3-4-17(26-2)27-9-13/h3-4,7,9,14,16H,5-6,8,10-12H2,1-2H3,(H,26,27)/t14-,16-,21?/m0/s1. The fraction of sp³-hybridized carbons (Fsp3) is 0.545. The molecule has 5 rings (SSSR count). The van der Waals surface area contributed by atoms with Crippen LogP contribution in [0.1, 0.15) is 30.1 Å². The van der Waals surface area contributed by atoms with E-state index in [4.69, 9.17) is 4.74 Å². The van der Waals surface area contributed by atoms with Crippen LogP contribution in [-0.2, 0) is 11.3 Å². The Morgan fingerprint density at radius 3 is 2.74 bits per heavy atom. The largest absolute Gasteiger partial charge is 0.408 e. The van der Waals surface area contributed by atoms with Crippen LogP contribution < -0.4 is 20.7 Å². The molecule has 5 heterocycles. The van der Waals surface area contributed by atoms with Crippen molar-refractivity contribution in [1.82, 2.24) is 14.5 Å². The van der Waals surface area contributed by atoms with Crippen LogP contribution in [-0.4, -0.2) is 70.9 Å². The van der Waals surface area contributed by atoms with Crippen LogP contribution in [0, 0.1) is 0 Å². The van der Waals surface area contributed by atoms with Gasteiger partial charge in [0.25, 0.3) is 5.56 Å². The van der Waals surface area contributed by atoms with Crippen molar-refractivity contribution in [1.29, 1.82) is 0 Å². The molecule has 9 nitrogen and oxygen atoms in total. The lowest BCUT2D eigenvalue weighted by atomic mass is 10.0. The molecule has 2 saturated heterocycles. The van der Waals surface area contributed by atoms with E-state index in [1.165, 1.54) is 22.9 Å². The van der Waals surface area contributed by atoms with E-state index in [0.717, 1.165) is 11.3 Å². The minimum absolute atomic E-state index is 0.000672. The lowest BCUT2D eigenvalue weighted by molar-refractivity contribution is -0.152. The van der Waals surface area contributed by atoms with Gasteiger partial charge in [0.05, 0.1) is 24.8 Å². The molecule has 3 atom stereocenters. The van der Waals surface area contributed by atoms with Gasteiger partial charge in [0.15, 0.2) is 5.78 Å². The average molecular weight is 478 g/mol. The summed E-state index contributed by atoms with van der Waals surface area (Å²) in [5, 5.41) is 2.82. The van der Waals surface area contributed by atoms with Crippen LogP contribution in [0.25, 0.3) is 0 Å². The number of fused-ring (bicyclic) bond motifs is 3. The highest BCUT2D eigenvalue weighted by Crippen LogP contribution is 2.41. The number of nitrogens with zero attached hydrogens (tertiary/aromatic N) is 5. The maximum Gasteiger partial charge on any atom is 0.408 e. The zero-order chi connectivity index (χ0) is 24.3. The molecule has 182 valence electrons. The zero-order valence-corrected chi connectivity index (χ0v) is 18.8. The topological polar surface area (TPSA) is 92.6 Å². The van der Waals surface area contributed by atoms with E-state index in [1.807, 2.05) is 11.8 Å². The molecule has 0 aliphatic carbocycles. The van der Waals surface area contributed by atoms with Crippen LogP contribution in [0.15, 0.2) is 29.2 Å². The third-order valence-electron chi connectivity index (χ3n) is 6.88. The van der Waals surface area contributed by atoms with E-state index < -0.39 is 30.1 Å². The molecule has 0 amide bonds. The van der Waals surface area contributed by atoms with Gasteiger partial charge in [-0.05, 0) is 25.5 Å². The average Bonchev–Trinajstić information content (AvgIpc) is 3.34. The highest BCUT2D eigenvalue weighted by molar-refractivity contribution is 5.99. The highest BCUT2D eigenvalue weighted by atomic mass is 19.4. The van der Waals surface area contributed by atoms with Crippen molar-refractivity contribution in [2.24, 2.45) is 0 Å². The van der Waals surface area contributed by atoms with Gasteiger partial charge in [-0.1, -0.05) is 0 Å². The van der Waals surface area contributed by atoms with Crippen molar-refractivity contribution in [3.8, 4) is 0 Å². The zero-order valence-electron chi connectivity index (χ0n) is 18.8. The van der Waals surface area contributed by atoms with Crippen LogP contribution in [0.2, 0.25) is 0 Å². The van der Waals surface area contributed by atoms with Crippen molar-refractivity contribution < 1.29 is 22.7 Å². The summed E-state index contributed by atoms with van der Waals surface area (Å²) in [6.45, 7) is 2.25. The summed E-state index contributed by atoms with van der Waals surface area (Å²) in [4.78, 5) is 37.3. The van der Waals surface area contributed by atoms with Gasteiger partial charge in [-0.2, -0.15) is 18.2 Å². The first-order valence-electron chi connectivity index (χ1n) is 11.1. The Morgan fingerprint density at radius 2 is 2.15 bits per heavy atom. The smallest absolute Gasteiger partial charge is 0.374 e. The first-order valence-corrected chi connectivity index (χ1v) is 11.1. The van der Waals surface area contributed by atoms with Gasteiger partial charge < -0.3 is 19.9 Å². The van der Waals surface area contributed by atoms with Gasteiger partial charge in [-0.15, -0.1) is 0 Å². The van der Waals surface area contributed by atoms with E-state index >= 15 is 0 Å². The number of pyridine rings is 1. The fourth-order valence-corrected chi connectivity index (χ4v) is 5.08. The molecule has 3 aliphatic heterocycles. The first kappa shape index (κ1) is 22.6. The number of anilines is 3. The molecular formula is C22H25F3N6O3. The van der Waals surface area contributed by atoms with E-state index in [9.17, 15) is 22.8 Å². The van der Waals surface area contributed by atoms with Gasteiger partial charge in [-0.25, -0.2) is 4.98 Å². The molecule has 0 aromatic carbocycles. The predicted molar refractivity (Wildman–Crippen MR) is 119 cm³/mol. The van der Waals surface area contributed by atoms with Crippen LogP contribution in [0.4, 0.5) is 30.8 Å². The van der Waals surface area contributed by atoms with E-state index in [1.54, 1.807) is 13.1 Å². The Morgan fingerprint density at radius 1 is 1.35 bits per heavy atom. The summed E-state index contributed by atoms with van der Waals surface area (Å²) in [7, 11) is 1.67. The number of carbonyl (C=O) groups excluding carboxylic acids is 1. The molecule has 2 aromatic rings. The number of carbonyl (C=O) groups is 1. The minimum atomic E-state index is -4.60. The number of hydrogen-bond acceptors (Lipinski definition) is 8. The third kappa shape index (κ3) is 3.79. The van der Waals surface area contributed by atoms with Crippen LogP contribution in [0.3, 0.4) is 0 Å². The Bertz CT molecular complexity index is 1170. The Labute approximate surface area is 193 Å². The number of Topliss-reactive ketones (excluding diaryl/α,β-unsaturated/α-hetero) is 1. The lowest BCUT2D eigenvalue weighted by Gasteiger charge is -2.40. The maximum atomic E-state index is 14.0. The quantitative estimate of drug-likeness (QED) is 0.654. The minimum Gasteiger partial charge on any atom is -0.374 e. The molecule has 1 N–H and O–H groups in total. The monoisotopic (exact) mass is 478 g/mol. The van der Waals surface area contributed by atoms with Gasteiger partial charge in [-0.3, -0.25) is 14.2 Å². The van der Waals surface area contributed by atoms with Crippen molar-refractivity contribution >= 4 is 23.4 Å². The number of ether oxygens (including phenoxy) is 1. The van der Waals surface area contributed by atoms with Gasteiger partial charge in [0.2, 0.25) is 5.95 Å². The second kappa shape index (κ2) is 7.97. The number of halogens is 3. The maximum absolute atomic E-state index is 14.0. The molecule has 1 unspecified atom stereocenters. The van der Waals surface area contributed by atoms with Crippen molar-refractivity contribution in [3.05, 3.63) is 40.3 Å². The third-order valence-corrected chi connectivity index (χ3v) is 6.88. The second-order valence-electron chi connectivity index (χ2n) is 9.23. The van der Waals surface area contributed by atoms with E-state index in [0.29, 0.717) is 24.8 Å². The van der Waals surface area contributed by atoms with E-state index in [-0.39, 0.29) is 36.1 Å². The van der Waals surface area contributed by atoms with Crippen molar-refractivity contribution in [2.75, 3.05) is 41.9 Å². The SMILES string of the molecule is CNc1ccc(C(=O)CN2c3nc(N4C[C@@H]5CC4(C)CO5)cc(=O)n3CC[C@H]2C(F)(F)F)cn1. The molecular weight excluding hydrogens is 453 g/mol. The number of nitrogens with one attached hydrogen (secondary N) is 1. The highest BCUT2D eigenvalue weighted by Gasteiger charge is 2.51. The second-order valence-corrected chi connectivity index (χ2v) is 9.23. The summed E-state index contributed by atoms with van der Waals surface area (Å²) in [6, 6.07) is 2.51. The first-order chi connectivity index (χ1) is 16.1. The normalized spacial score (nSPS) is 26.0. The molecule has 0 spiro atoms. The van der Waals surface area contributed by atoms with E-state index in [2.05, 4.69) is 15.3 Å². The molecule has 3 aliphatic rings. The Balaban J connectivity index is 1.53. The summed E-state index contributed by atoms with van der Waals surface area (Å²) in [6.07, 6.45) is -2.87. The predicted octanol–water partition coefficient (Wildman–Crippen LogP) is 2.07. The molecule has 0 radical (unpaired) electrons. The Kier molecular flexibility index (Phi) is 5.30. The lowest BCUT2D eigenvalue weighted by Crippen LogP contribution is -2.54. The van der Waals surface area contributed by atoms with Gasteiger partial charge >= 0.3 is 6.18 Å².